The highest BCUT2D eigenvalue weighted by atomic mass is 32.2. The molecule has 23 heavy (non-hydrogen) atoms. The topological polar surface area (TPSA) is 54.5 Å². The summed E-state index contributed by atoms with van der Waals surface area (Å²) in [6.07, 6.45) is 1.30. The van der Waals surface area contributed by atoms with Gasteiger partial charge in [0.15, 0.2) is 5.78 Å². The van der Waals surface area contributed by atoms with Crippen LogP contribution in [0.15, 0.2) is 47.4 Å². The van der Waals surface area contributed by atoms with Crippen molar-refractivity contribution in [1.29, 1.82) is 0 Å². The fraction of sp³-hybridized carbons (Fsp3) is 0.235. The van der Waals surface area contributed by atoms with Gasteiger partial charge in [-0.3, -0.25) is 9.10 Å². The zero-order valence-corrected chi connectivity index (χ0v) is 13.4. The Labute approximate surface area is 134 Å². The molecule has 6 heteroatoms. The number of carbonyl (C=O) groups is 1. The number of sulfonamides is 1. The van der Waals surface area contributed by atoms with Crippen molar-refractivity contribution in [2.45, 2.75) is 24.7 Å². The molecule has 0 radical (unpaired) electrons. The molecule has 0 atom stereocenters. The van der Waals surface area contributed by atoms with E-state index in [1.165, 1.54) is 37.3 Å². The Balaban J connectivity index is 2.06. The summed E-state index contributed by atoms with van der Waals surface area (Å²) in [5.41, 5.74) is 1.27. The number of carbonyl (C=O) groups excluding carboxylic acids is 1. The normalized spacial score (nSPS) is 14.4. The van der Waals surface area contributed by atoms with E-state index in [4.69, 9.17) is 0 Å². The lowest BCUT2D eigenvalue weighted by atomic mass is 10.0. The van der Waals surface area contributed by atoms with Gasteiger partial charge in [0.2, 0.25) is 0 Å². The van der Waals surface area contributed by atoms with Gasteiger partial charge in [0, 0.05) is 12.1 Å². The molecular formula is C17H16FNO3S. The zero-order valence-electron chi connectivity index (χ0n) is 12.6. The van der Waals surface area contributed by atoms with Crippen LogP contribution < -0.4 is 4.31 Å². The van der Waals surface area contributed by atoms with Crippen molar-refractivity contribution in [3.05, 3.63) is 59.4 Å². The summed E-state index contributed by atoms with van der Waals surface area (Å²) >= 11 is 0. The molecule has 0 saturated heterocycles. The number of rotatable bonds is 3. The lowest BCUT2D eigenvalue weighted by Gasteiger charge is -2.30. The third-order valence-electron chi connectivity index (χ3n) is 3.98. The van der Waals surface area contributed by atoms with Crippen LogP contribution in [0.2, 0.25) is 0 Å². The maximum absolute atomic E-state index is 14.2. The first-order valence-corrected chi connectivity index (χ1v) is 8.76. The van der Waals surface area contributed by atoms with E-state index in [9.17, 15) is 17.6 Å². The second-order valence-electron chi connectivity index (χ2n) is 5.51. The Hall–Kier alpha value is -2.21. The lowest BCUT2D eigenvalue weighted by Crippen LogP contribution is -2.36. The summed E-state index contributed by atoms with van der Waals surface area (Å²) in [7, 11) is -3.86. The van der Waals surface area contributed by atoms with Crippen molar-refractivity contribution in [1.82, 2.24) is 0 Å². The molecule has 2 aromatic carbocycles. The van der Waals surface area contributed by atoms with Crippen LogP contribution in [0, 0.1) is 5.82 Å². The SMILES string of the molecule is CC(=O)c1ccc(S(=O)(=O)N2CCCc3cccc(F)c32)cc1. The number of aryl methyl sites for hydroxylation is 1. The van der Waals surface area contributed by atoms with Crippen molar-refractivity contribution in [3.8, 4) is 0 Å². The van der Waals surface area contributed by atoms with E-state index in [2.05, 4.69) is 0 Å². The number of fused-ring (bicyclic) bond motifs is 1. The number of hydrogen-bond acceptors (Lipinski definition) is 3. The van der Waals surface area contributed by atoms with Crippen molar-refractivity contribution < 1.29 is 17.6 Å². The average Bonchev–Trinajstić information content (AvgIpc) is 2.54. The highest BCUT2D eigenvalue weighted by Crippen LogP contribution is 2.34. The first-order chi connectivity index (χ1) is 10.9. The number of para-hydroxylation sites is 1. The average molecular weight is 333 g/mol. The van der Waals surface area contributed by atoms with Gasteiger partial charge in [-0.15, -0.1) is 0 Å². The predicted octanol–water partition coefficient (Wildman–Crippen LogP) is 3.17. The van der Waals surface area contributed by atoms with E-state index in [0.717, 1.165) is 4.31 Å². The molecular weight excluding hydrogens is 317 g/mol. The highest BCUT2D eigenvalue weighted by molar-refractivity contribution is 7.92. The molecule has 0 saturated carbocycles. The first kappa shape index (κ1) is 15.7. The zero-order chi connectivity index (χ0) is 16.6. The van der Waals surface area contributed by atoms with Crippen molar-refractivity contribution in [2.75, 3.05) is 10.8 Å². The minimum Gasteiger partial charge on any atom is -0.295 e. The molecule has 0 aromatic heterocycles. The van der Waals surface area contributed by atoms with Crippen LogP contribution in [-0.2, 0) is 16.4 Å². The Morgan fingerprint density at radius 3 is 2.48 bits per heavy atom. The number of nitrogens with zero attached hydrogens (tertiary/aromatic N) is 1. The van der Waals surface area contributed by atoms with Gasteiger partial charge in [0.05, 0.1) is 10.6 Å². The Bertz CT molecular complexity index is 860. The van der Waals surface area contributed by atoms with Crippen molar-refractivity contribution in [2.24, 2.45) is 0 Å². The van der Waals surface area contributed by atoms with Crippen LogP contribution in [-0.4, -0.2) is 20.7 Å². The minimum absolute atomic E-state index is 0.0543. The van der Waals surface area contributed by atoms with Crippen LogP contribution in [0.4, 0.5) is 10.1 Å². The summed E-state index contributed by atoms with van der Waals surface area (Å²) < 4.78 is 41.0. The Morgan fingerprint density at radius 1 is 1.13 bits per heavy atom. The monoisotopic (exact) mass is 333 g/mol. The molecule has 2 aromatic rings. The van der Waals surface area contributed by atoms with E-state index < -0.39 is 15.8 Å². The van der Waals surface area contributed by atoms with Gasteiger partial charge in [-0.1, -0.05) is 24.3 Å². The molecule has 4 nitrogen and oxygen atoms in total. The number of Topliss-reactive ketones (excluding diaryl/α,β-unsaturated/α-hetero) is 1. The van der Waals surface area contributed by atoms with Crippen LogP contribution in [0.1, 0.15) is 29.3 Å². The molecule has 0 unspecified atom stereocenters. The van der Waals surface area contributed by atoms with Gasteiger partial charge in [-0.05, 0) is 43.5 Å². The van der Waals surface area contributed by atoms with Crippen LogP contribution in [0.25, 0.3) is 0 Å². The van der Waals surface area contributed by atoms with Crippen molar-refractivity contribution >= 4 is 21.5 Å². The fourth-order valence-electron chi connectivity index (χ4n) is 2.80. The van der Waals surface area contributed by atoms with Crippen LogP contribution in [0.3, 0.4) is 0 Å². The second-order valence-corrected chi connectivity index (χ2v) is 7.37. The quantitative estimate of drug-likeness (QED) is 0.811. The molecule has 0 bridgehead atoms. The molecule has 1 aliphatic heterocycles. The van der Waals surface area contributed by atoms with Gasteiger partial charge < -0.3 is 0 Å². The van der Waals surface area contributed by atoms with E-state index in [-0.39, 0.29) is 22.9 Å². The summed E-state index contributed by atoms with van der Waals surface area (Å²) in [6.45, 7) is 1.66. The van der Waals surface area contributed by atoms with E-state index in [1.807, 2.05) is 0 Å². The molecule has 0 spiro atoms. The number of benzene rings is 2. The van der Waals surface area contributed by atoms with E-state index in [1.54, 1.807) is 12.1 Å². The Morgan fingerprint density at radius 2 is 1.83 bits per heavy atom. The van der Waals surface area contributed by atoms with E-state index in [0.29, 0.717) is 24.0 Å². The smallest absolute Gasteiger partial charge is 0.264 e. The largest absolute Gasteiger partial charge is 0.295 e. The van der Waals surface area contributed by atoms with Gasteiger partial charge in [-0.2, -0.15) is 0 Å². The Kier molecular flexibility index (Phi) is 3.93. The van der Waals surface area contributed by atoms with E-state index >= 15 is 0 Å². The molecule has 0 amide bonds. The maximum atomic E-state index is 14.2. The second kappa shape index (κ2) is 5.77. The molecule has 0 aliphatic carbocycles. The van der Waals surface area contributed by atoms with Crippen LogP contribution in [0.5, 0.6) is 0 Å². The lowest BCUT2D eigenvalue weighted by molar-refractivity contribution is 0.101. The summed E-state index contributed by atoms with van der Waals surface area (Å²) in [5.74, 6) is -0.672. The molecule has 3 rings (SSSR count). The summed E-state index contributed by atoms with van der Waals surface area (Å²) in [4.78, 5) is 11.4. The standard InChI is InChI=1S/C17H16FNO3S/c1-12(20)13-7-9-15(10-8-13)23(21,22)19-11-3-5-14-4-2-6-16(18)17(14)19/h2,4,6-10H,3,5,11H2,1H3. The maximum Gasteiger partial charge on any atom is 0.264 e. The number of anilines is 1. The molecule has 0 fully saturated rings. The van der Waals surface area contributed by atoms with Gasteiger partial charge in [-0.25, -0.2) is 12.8 Å². The summed E-state index contributed by atoms with van der Waals surface area (Å²) in [5, 5.41) is 0. The third-order valence-corrected chi connectivity index (χ3v) is 5.79. The van der Waals surface area contributed by atoms with Crippen molar-refractivity contribution in [3.63, 3.8) is 0 Å². The third kappa shape index (κ3) is 2.74. The summed E-state index contributed by atoms with van der Waals surface area (Å²) in [6, 6.07) is 10.3. The van der Waals surface area contributed by atoms with Crippen LogP contribution >= 0.6 is 0 Å². The molecule has 1 heterocycles. The minimum atomic E-state index is -3.86. The molecule has 120 valence electrons. The highest BCUT2D eigenvalue weighted by Gasteiger charge is 2.31. The molecule has 0 N–H and O–H groups in total. The molecule has 1 aliphatic rings. The number of hydrogen-bond donors (Lipinski definition) is 0. The first-order valence-electron chi connectivity index (χ1n) is 7.32. The van der Waals surface area contributed by atoms with Gasteiger partial charge in [0.25, 0.3) is 10.0 Å². The van der Waals surface area contributed by atoms with Gasteiger partial charge in [0.1, 0.15) is 5.82 Å². The predicted molar refractivity (Wildman–Crippen MR) is 85.7 cm³/mol. The van der Waals surface area contributed by atoms with Gasteiger partial charge >= 0.3 is 0 Å². The number of ketones is 1. The number of halogens is 1. The fourth-order valence-corrected chi connectivity index (χ4v) is 4.34.